The summed E-state index contributed by atoms with van der Waals surface area (Å²) in [6, 6.07) is 0.245. The molecule has 1 fully saturated rings. The van der Waals surface area contributed by atoms with E-state index in [9.17, 15) is 0 Å². The lowest BCUT2D eigenvalue weighted by Gasteiger charge is -2.08. The van der Waals surface area contributed by atoms with Crippen molar-refractivity contribution in [2.24, 2.45) is 0 Å². The molecule has 1 saturated heterocycles. The van der Waals surface area contributed by atoms with Gasteiger partial charge in [0.15, 0.2) is 0 Å². The van der Waals surface area contributed by atoms with Crippen LogP contribution < -0.4 is 5.32 Å². The minimum Gasteiger partial charge on any atom is -0.379 e. The molecule has 0 aromatic rings. The fourth-order valence-corrected chi connectivity index (χ4v) is 1.08. The summed E-state index contributed by atoms with van der Waals surface area (Å²) in [6.07, 6.45) is 1.40. The minimum atomic E-state index is -0.356. The van der Waals surface area contributed by atoms with Gasteiger partial charge in [-0.15, -0.1) is 0 Å². The monoisotopic (exact) mass is 147 g/mol. The van der Waals surface area contributed by atoms with E-state index < -0.39 is 0 Å². The number of aliphatic hydroxyl groups is 1. The SMILES string of the molecule is COOC[C@@H]1CC[C@H](O)N1. The van der Waals surface area contributed by atoms with Crippen LogP contribution in [-0.2, 0) is 9.78 Å². The zero-order valence-electron chi connectivity index (χ0n) is 6.04. The lowest BCUT2D eigenvalue weighted by Crippen LogP contribution is -2.32. The maximum atomic E-state index is 8.99. The molecule has 0 aliphatic carbocycles. The molecule has 0 amide bonds. The first-order chi connectivity index (χ1) is 4.83. The van der Waals surface area contributed by atoms with Crippen molar-refractivity contribution in [1.82, 2.24) is 5.32 Å². The Hall–Kier alpha value is -0.160. The lowest BCUT2D eigenvalue weighted by atomic mass is 10.2. The molecule has 0 spiro atoms. The third kappa shape index (κ3) is 2.22. The van der Waals surface area contributed by atoms with E-state index in [1.165, 1.54) is 7.11 Å². The highest BCUT2D eigenvalue weighted by Crippen LogP contribution is 2.09. The first-order valence-corrected chi connectivity index (χ1v) is 3.42. The molecule has 1 aliphatic heterocycles. The number of nitrogens with one attached hydrogen (secondary N) is 1. The molecule has 1 aliphatic rings. The van der Waals surface area contributed by atoms with Gasteiger partial charge in [0.1, 0.15) is 6.23 Å². The van der Waals surface area contributed by atoms with Gasteiger partial charge in [-0.1, -0.05) is 0 Å². The second-order valence-corrected chi connectivity index (χ2v) is 2.41. The lowest BCUT2D eigenvalue weighted by molar-refractivity contribution is -0.275. The molecule has 2 atom stereocenters. The molecule has 10 heavy (non-hydrogen) atoms. The van der Waals surface area contributed by atoms with E-state index in [1.807, 2.05) is 0 Å². The molecule has 0 bridgehead atoms. The van der Waals surface area contributed by atoms with E-state index in [2.05, 4.69) is 10.2 Å². The van der Waals surface area contributed by atoms with Gasteiger partial charge in [-0.25, -0.2) is 9.78 Å². The average molecular weight is 147 g/mol. The van der Waals surface area contributed by atoms with Crippen LogP contribution in [-0.4, -0.2) is 31.1 Å². The predicted molar refractivity (Wildman–Crippen MR) is 35.1 cm³/mol. The van der Waals surface area contributed by atoms with Crippen molar-refractivity contribution in [3.63, 3.8) is 0 Å². The molecule has 0 unspecified atom stereocenters. The summed E-state index contributed by atoms with van der Waals surface area (Å²) in [4.78, 5) is 9.11. The van der Waals surface area contributed by atoms with Crippen molar-refractivity contribution >= 4 is 0 Å². The van der Waals surface area contributed by atoms with Crippen LogP contribution in [0.25, 0.3) is 0 Å². The Kier molecular flexibility index (Phi) is 3.08. The zero-order valence-corrected chi connectivity index (χ0v) is 6.04. The van der Waals surface area contributed by atoms with Gasteiger partial charge >= 0.3 is 0 Å². The number of hydrogen-bond donors (Lipinski definition) is 2. The van der Waals surface area contributed by atoms with Crippen LogP contribution in [0.1, 0.15) is 12.8 Å². The van der Waals surface area contributed by atoms with Crippen molar-refractivity contribution in [3.05, 3.63) is 0 Å². The third-order valence-electron chi connectivity index (χ3n) is 1.60. The van der Waals surface area contributed by atoms with E-state index in [1.54, 1.807) is 0 Å². The van der Waals surface area contributed by atoms with E-state index in [-0.39, 0.29) is 12.3 Å². The second kappa shape index (κ2) is 3.88. The molecule has 1 rings (SSSR count). The van der Waals surface area contributed by atoms with Gasteiger partial charge in [-0.3, -0.25) is 5.32 Å². The number of aliphatic hydroxyl groups excluding tert-OH is 1. The van der Waals surface area contributed by atoms with Crippen molar-refractivity contribution in [2.75, 3.05) is 13.7 Å². The second-order valence-electron chi connectivity index (χ2n) is 2.41. The maximum absolute atomic E-state index is 8.99. The van der Waals surface area contributed by atoms with Gasteiger partial charge in [0, 0.05) is 6.04 Å². The largest absolute Gasteiger partial charge is 0.379 e. The summed E-state index contributed by atoms with van der Waals surface area (Å²) >= 11 is 0. The molecule has 0 saturated carbocycles. The topological polar surface area (TPSA) is 50.7 Å². The molecule has 0 aromatic heterocycles. The van der Waals surface area contributed by atoms with Crippen molar-refractivity contribution in [3.8, 4) is 0 Å². The van der Waals surface area contributed by atoms with Crippen LogP contribution in [0.5, 0.6) is 0 Å². The van der Waals surface area contributed by atoms with Crippen LogP contribution in [0.4, 0.5) is 0 Å². The smallest absolute Gasteiger partial charge is 0.105 e. The molecule has 4 nitrogen and oxygen atoms in total. The molecule has 0 radical (unpaired) electrons. The van der Waals surface area contributed by atoms with Crippen LogP contribution in [0, 0.1) is 0 Å². The molecule has 2 N–H and O–H groups in total. The summed E-state index contributed by atoms with van der Waals surface area (Å²) in [7, 11) is 1.48. The quantitative estimate of drug-likeness (QED) is 0.422. The van der Waals surface area contributed by atoms with Crippen LogP contribution >= 0.6 is 0 Å². The Balaban J connectivity index is 2.06. The summed E-state index contributed by atoms with van der Waals surface area (Å²) in [5.41, 5.74) is 0. The molecular weight excluding hydrogens is 134 g/mol. The average Bonchev–Trinajstić information content (AvgIpc) is 2.31. The van der Waals surface area contributed by atoms with E-state index >= 15 is 0 Å². The Morgan fingerprint density at radius 3 is 2.90 bits per heavy atom. The van der Waals surface area contributed by atoms with E-state index in [4.69, 9.17) is 9.99 Å². The van der Waals surface area contributed by atoms with Gasteiger partial charge in [0.05, 0.1) is 13.7 Å². The Morgan fingerprint density at radius 1 is 1.60 bits per heavy atom. The van der Waals surface area contributed by atoms with Crippen LogP contribution in [0.3, 0.4) is 0 Å². The Morgan fingerprint density at radius 2 is 2.40 bits per heavy atom. The van der Waals surface area contributed by atoms with Gasteiger partial charge in [-0.2, -0.15) is 0 Å². The fraction of sp³-hybridized carbons (Fsp3) is 1.00. The first-order valence-electron chi connectivity index (χ1n) is 3.42. The summed E-state index contributed by atoms with van der Waals surface area (Å²) in [5, 5.41) is 11.9. The van der Waals surface area contributed by atoms with Crippen LogP contribution in [0.15, 0.2) is 0 Å². The highest BCUT2D eigenvalue weighted by Gasteiger charge is 2.21. The van der Waals surface area contributed by atoms with Crippen LogP contribution in [0.2, 0.25) is 0 Å². The first kappa shape index (κ1) is 7.94. The summed E-state index contributed by atoms with van der Waals surface area (Å²) in [5.74, 6) is 0. The molecular formula is C6H13NO3. The molecule has 4 heteroatoms. The number of rotatable bonds is 3. The molecule has 60 valence electrons. The fourth-order valence-electron chi connectivity index (χ4n) is 1.08. The van der Waals surface area contributed by atoms with Crippen molar-refractivity contribution in [2.45, 2.75) is 25.1 Å². The molecule has 0 aromatic carbocycles. The van der Waals surface area contributed by atoms with Gasteiger partial charge in [0.2, 0.25) is 0 Å². The highest BCUT2D eigenvalue weighted by atomic mass is 17.2. The number of hydrogen-bond acceptors (Lipinski definition) is 4. The van der Waals surface area contributed by atoms with E-state index in [0.717, 1.165) is 12.8 Å². The molecule has 1 heterocycles. The van der Waals surface area contributed by atoms with Crippen molar-refractivity contribution in [1.29, 1.82) is 0 Å². The highest BCUT2D eigenvalue weighted by molar-refractivity contribution is 4.75. The predicted octanol–water partition coefficient (Wildman–Crippen LogP) is -0.365. The zero-order chi connectivity index (χ0) is 7.40. The Labute approximate surface area is 60.1 Å². The van der Waals surface area contributed by atoms with E-state index in [0.29, 0.717) is 6.61 Å². The van der Waals surface area contributed by atoms with Crippen molar-refractivity contribution < 1.29 is 14.9 Å². The van der Waals surface area contributed by atoms with Gasteiger partial charge in [-0.05, 0) is 12.8 Å². The third-order valence-corrected chi connectivity index (χ3v) is 1.60. The normalized spacial score (nSPS) is 33.0. The van der Waals surface area contributed by atoms with Gasteiger partial charge < -0.3 is 5.11 Å². The Bertz CT molecular complexity index is 99.0. The standard InChI is InChI=1S/C6H13NO3/c1-9-10-4-5-2-3-6(8)7-5/h5-8H,2-4H2,1H3/t5-,6-/m0/s1. The summed E-state index contributed by atoms with van der Waals surface area (Å²) in [6.45, 7) is 0.507. The summed E-state index contributed by atoms with van der Waals surface area (Å²) < 4.78 is 0. The van der Waals surface area contributed by atoms with Gasteiger partial charge in [0.25, 0.3) is 0 Å². The maximum Gasteiger partial charge on any atom is 0.105 e. The minimum absolute atomic E-state index is 0.245.